The van der Waals surface area contributed by atoms with Crippen molar-refractivity contribution < 1.29 is 19.2 Å². The van der Waals surface area contributed by atoms with Gasteiger partial charge in [-0.3, -0.25) is 10.1 Å². The maximum absolute atomic E-state index is 13.6. The highest BCUT2D eigenvalue weighted by Gasteiger charge is 2.23. The maximum atomic E-state index is 13.6. The number of aliphatic hydroxyl groups excluding tert-OH is 1. The van der Waals surface area contributed by atoms with E-state index in [4.69, 9.17) is 4.74 Å². The van der Waals surface area contributed by atoms with Gasteiger partial charge in [0.05, 0.1) is 11.0 Å². The lowest BCUT2D eigenvalue weighted by molar-refractivity contribution is -0.385. The van der Waals surface area contributed by atoms with Gasteiger partial charge >= 0.3 is 5.69 Å². The van der Waals surface area contributed by atoms with Crippen molar-refractivity contribution in [1.82, 2.24) is 0 Å². The van der Waals surface area contributed by atoms with E-state index in [1.54, 1.807) is 13.0 Å². The quantitative estimate of drug-likeness (QED) is 0.685. The van der Waals surface area contributed by atoms with E-state index in [1.165, 1.54) is 25.1 Å². The van der Waals surface area contributed by atoms with E-state index in [0.29, 0.717) is 4.88 Å². The van der Waals surface area contributed by atoms with Crippen LogP contribution in [0.3, 0.4) is 0 Å². The molecule has 0 spiro atoms. The van der Waals surface area contributed by atoms with Gasteiger partial charge in [0.15, 0.2) is 11.6 Å². The summed E-state index contributed by atoms with van der Waals surface area (Å²) in [6.45, 7) is 3.25. The number of nitrogens with zero attached hydrogens (tertiary/aromatic N) is 1. The summed E-state index contributed by atoms with van der Waals surface area (Å²) in [5.41, 5.74) is 0.489. The topological polar surface area (TPSA) is 72.6 Å². The summed E-state index contributed by atoms with van der Waals surface area (Å²) in [5, 5.41) is 20.4. The van der Waals surface area contributed by atoms with Gasteiger partial charge < -0.3 is 9.84 Å². The number of hydrogen-bond acceptors (Lipinski definition) is 5. The molecule has 0 aliphatic carbocycles. The van der Waals surface area contributed by atoms with Gasteiger partial charge in [-0.2, -0.15) is 0 Å². The number of thiophene rings is 1. The summed E-state index contributed by atoms with van der Waals surface area (Å²) >= 11 is 0.925. The van der Waals surface area contributed by atoms with E-state index >= 15 is 0 Å². The highest BCUT2D eigenvalue weighted by molar-refractivity contribution is 7.14. The largest absolute Gasteiger partial charge is 0.437 e. The summed E-state index contributed by atoms with van der Waals surface area (Å²) in [5.74, 6) is -0.677. The van der Waals surface area contributed by atoms with Gasteiger partial charge in [0.2, 0.25) is 0 Å². The molecule has 1 N–H and O–H groups in total. The molecule has 0 unspecified atom stereocenters. The Morgan fingerprint density at radius 3 is 2.75 bits per heavy atom. The summed E-state index contributed by atoms with van der Waals surface area (Å²) < 4.78 is 18.9. The fourth-order valence-electron chi connectivity index (χ4n) is 1.58. The molecule has 5 nitrogen and oxygen atoms in total. The van der Waals surface area contributed by atoms with E-state index in [0.717, 1.165) is 16.9 Å². The van der Waals surface area contributed by atoms with Crippen LogP contribution in [0.1, 0.15) is 23.5 Å². The highest BCUT2D eigenvalue weighted by atomic mass is 32.1. The fraction of sp³-hybridized carbons (Fsp3) is 0.231. The van der Waals surface area contributed by atoms with Crippen molar-refractivity contribution in [2.45, 2.75) is 20.0 Å². The Bertz CT molecular complexity index is 654. The first kappa shape index (κ1) is 14.4. The summed E-state index contributed by atoms with van der Waals surface area (Å²) in [4.78, 5) is 10.7. The van der Waals surface area contributed by atoms with Crippen molar-refractivity contribution in [3.05, 3.63) is 50.6 Å². The van der Waals surface area contributed by atoms with Crippen LogP contribution in [-0.2, 0) is 0 Å². The molecule has 20 heavy (non-hydrogen) atoms. The van der Waals surface area contributed by atoms with Crippen LogP contribution in [-0.4, -0.2) is 10.0 Å². The van der Waals surface area contributed by atoms with Gasteiger partial charge in [0, 0.05) is 10.9 Å². The first-order chi connectivity index (χ1) is 9.38. The fourth-order valence-corrected chi connectivity index (χ4v) is 2.50. The molecule has 1 heterocycles. The van der Waals surface area contributed by atoms with Gasteiger partial charge in [0.1, 0.15) is 0 Å². The maximum Gasteiger partial charge on any atom is 0.323 e. The zero-order valence-electron chi connectivity index (χ0n) is 10.8. The van der Waals surface area contributed by atoms with E-state index in [1.807, 2.05) is 0 Å². The van der Waals surface area contributed by atoms with Crippen molar-refractivity contribution in [2.75, 3.05) is 0 Å². The van der Waals surface area contributed by atoms with Crippen molar-refractivity contribution in [3.63, 3.8) is 0 Å². The second-order valence-electron chi connectivity index (χ2n) is 4.29. The molecule has 0 bridgehead atoms. The second kappa shape index (κ2) is 5.56. The number of halogens is 1. The van der Waals surface area contributed by atoms with Gasteiger partial charge in [-0.05, 0) is 31.5 Å². The van der Waals surface area contributed by atoms with Crippen LogP contribution in [0.2, 0.25) is 0 Å². The van der Waals surface area contributed by atoms with Crippen molar-refractivity contribution in [2.24, 2.45) is 0 Å². The van der Waals surface area contributed by atoms with Crippen LogP contribution in [0.5, 0.6) is 10.8 Å². The van der Waals surface area contributed by atoms with Gasteiger partial charge in [-0.25, -0.2) is 4.39 Å². The van der Waals surface area contributed by atoms with Crippen LogP contribution < -0.4 is 4.74 Å². The molecular weight excluding hydrogens is 285 g/mol. The van der Waals surface area contributed by atoms with Crippen LogP contribution in [0.25, 0.3) is 0 Å². The third-order valence-electron chi connectivity index (χ3n) is 2.60. The van der Waals surface area contributed by atoms with E-state index in [2.05, 4.69) is 0 Å². The summed E-state index contributed by atoms with van der Waals surface area (Å²) in [7, 11) is 0. The number of aliphatic hydroxyl groups is 1. The van der Waals surface area contributed by atoms with Crippen molar-refractivity contribution >= 4 is 17.0 Å². The molecule has 0 saturated carbocycles. The molecule has 2 rings (SSSR count). The van der Waals surface area contributed by atoms with Crippen LogP contribution in [0.4, 0.5) is 10.1 Å². The number of nitro groups is 1. The lowest BCUT2D eigenvalue weighted by atomic mass is 10.2. The number of ether oxygens (including phenoxy) is 1. The SMILES string of the molecule is Cc1ccc(F)c(Oc2sc([C@@H](C)O)cc2[N+](=O)[O-])c1. The van der Waals surface area contributed by atoms with E-state index in [9.17, 15) is 19.6 Å². The van der Waals surface area contributed by atoms with E-state index < -0.39 is 16.8 Å². The summed E-state index contributed by atoms with van der Waals surface area (Å²) in [6, 6.07) is 5.51. The lowest BCUT2D eigenvalue weighted by Gasteiger charge is -2.05. The molecule has 0 saturated heterocycles. The molecule has 0 radical (unpaired) electrons. The zero-order chi connectivity index (χ0) is 14.9. The Morgan fingerprint density at radius 2 is 2.15 bits per heavy atom. The number of rotatable bonds is 4. The van der Waals surface area contributed by atoms with Crippen molar-refractivity contribution in [3.8, 4) is 10.8 Å². The smallest absolute Gasteiger partial charge is 0.323 e. The first-order valence-corrected chi connectivity index (χ1v) is 6.60. The Hall–Kier alpha value is -1.99. The average molecular weight is 297 g/mol. The molecule has 106 valence electrons. The molecule has 0 aliphatic rings. The minimum atomic E-state index is -0.849. The molecule has 1 aromatic heterocycles. The number of aryl methyl sites for hydroxylation is 1. The minimum absolute atomic E-state index is 0.0459. The summed E-state index contributed by atoms with van der Waals surface area (Å²) in [6.07, 6.45) is -0.849. The van der Waals surface area contributed by atoms with Crippen molar-refractivity contribution in [1.29, 1.82) is 0 Å². The molecule has 0 amide bonds. The van der Waals surface area contributed by atoms with Crippen LogP contribution in [0.15, 0.2) is 24.3 Å². The second-order valence-corrected chi connectivity index (χ2v) is 5.34. The van der Waals surface area contributed by atoms with E-state index in [-0.39, 0.29) is 16.5 Å². The molecule has 1 atom stereocenters. The van der Waals surface area contributed by atoms with Gasteiger partial charge in [0.25, 0.3) is 5.06 Å². The monoisotopic (exact) mass is 297 g/mol. The van der Waals surface area contributed by atoms with Gasteiger partial charge in [-0.1, -0.05) is 17.4 Å². The molecular formula is C13H12FNO4S. The number of benzene rings is 1. The minimum Gasteiger partial charge on any atom is -0.437 e. The van der Waals surface area contributed by atoms with Crippen LogP contribution >= 0.6 is 11.3 Å². The zero-order valence-corrected chi connectivity index (χ0v) is 11.6. The molecule has 0 aliphatic heterocycles. The third-order valence-corrected chi connectivity index (χ3v) is 3.77. The average Bonchev–Trinajstić information content (AvgIpc) is 2.78. The number of hydrogen-bond donors (Lipinski definition) is 1. The Morgan fingerprint density at radius 1 is 1.45 bits per heavy atom. The third kappa shape index (κ3) is 2.94. The predicted molar refractivity (Wildman–Crippen MR) is 72.8 cm³/mol. The Balaban J connectivity index is 2.42. The normalized spacial score (nSPS) is 12.2. The Kier molecular flexibility index (Phi) is 4.01. The first-order valence-electron chi connectivity index (χ1n) is 5.78. The lowest BCUT2D eigenvalue weighted by Crippen LogP contribution is -1.91. The predicted octanol–water partition coefficient (Wildman–Crippen LogP) is 3.95. The molecule has 2 aromatic rings. The standard InChI is InChI=1S/C13H12FNO4S/c1-7-3-4-9(14)11(5-7)19-13-10(15(17)18)6-12(20-13)8(2)16/h3-6,8,16H,1-2H3/t8-/m1/s1. The highest BCUT2D eigenvalue weighted by Crippen LogP contribution is 2.42. The van der Waals surface area contributed by atoms with Gasteiger partial charge in [-0.15, -0.1) is 0 Å². The Labute approximate surface area is 118 Å². The molecule has 1 aromatic carbocycles. The molecule has 0 fully saturated rings. The van der Waals surface area contributed by atoms with Crippen LogP contribution in [0, 0.1) is 22.9 Å². The molecule has 7 heteroatoms.